The molecule has 7 heteroatoms. The lowest BCUT2D eigenvalue weighted by molar-refractivity contribution is 0.0240. The van der Waals surface area contributed by atoms with Gasteiger partial charge in [0.2, 0.25) is 0 Å². The molecule has 1 fully saturated rings. The molecular formula is C18H27ClN2O4. The predicted octanol–water partition coefficient (Wildman–Crippen LogP) is 3.42. The summed E-state index contributed by atoms with van der Waals surface area (Å²) in [5, 5.41) is 0.639. The highest BCUT2D eigenvalue weighted by molar-refractivity contribution is 6.33. The minimum atomic E-state index is -0.476. The number of carbonyl (C=O) groups is 1. The van der Waals surface area contributed by atoms with E-state index >= 15 is 0 Å². The zero-order valence-electron chi connectivity index (χ0n) is 15.4. The van der Waals surface area contributed by atoms with E-state index in [0.717, 1.165) is 11.4 Å². The van der Waals surface area contributed by atoms with Crippen LogP contribution in [-0.4, -0.2) is 63.1 Å². The van der Waals surface area contributed by atoms with Gasteiger partial charge in [0.15, 0.2) is 0 Å². The molecular weight excluding hydrogens is 344 g/mol. The van der Waals surface area contributed by atoms with Crippen molar-refractivity contribution < 1.29 is 19.0 Å². The van der Waals surface area contributed by atoms with Crippen molar-refractivity contribution in [2.45, 2.75) is 26.4 Å². The lowest BCUT2D eigenvalue weighted by Crippen LogP contribution is -2.50. The van der Waals surface area contributed by atoms with Gasteiger partial charge in [-0.2, -0.15) is 0 Å². The molecule has 1 aromatic rings. The lowest BCUT2D eigenvalue weighted by Gasteiger charge is -2.37. The second-order valence-electron chi connectivity index (χ2n) is 6.91. The van der Waals surface area contributed by atoms with Gasteiger partial charge in [0.05, 0.1) is 17.3 Å². The van der Waals surface area contributed by atoms with E-state index in [-0.39, 0.29) is 6.09 Å². The average molecular weight is 371 g/mol. The van der Waals surface area contributed by atoms with Gasteiger partial charge in [0.25, 0.3) is 0 Å². The molecule has 0 aliphatic carbocycles. The molecule has 1 aliphatic rings. The van der Waals surface area contributed by atoms with Crippen molar-refractivity contribution in [1.82, 2.24) is 4.90 Å². The van der Waals surface area contributed by atoms with E-state index in [1.807, 2.05) is 39.0 Å². The Morgan fingerprint density at radius 3 is 2.40 bits per heavy atom. The Hall–Kier alpha value is -1.66. The van der Waals surface area contributed by atoms with Crippen molar-refractivity contribution in [3.05, 3.63) is 23.2 Å². The SMILES string of the molecule is COCCOc1ccc(N2CCN(C(=O)OC(C)(C)C)CC2)c(Cl)c1. The predicted molar refractivity (Wildman–Crippen MR) is 98.8 cm³/mol. The summed E-state index contributed by atoms with van der Waals surface area (Å²) in [6, 6.07) is 5.66. The van der Waals surface area contributed by atoms with Crippen LogP contribution in [0.1, 0.15) is 20.8 Å². The van der Waals surface area contributed by atoms with E-state index in [0.29, 0.717) is 44.4 Å². The third-order valence-electron chi connectivity index (χ3n) is 3.75. The minimum absolute atomic E-state index is 0.264. The number of amides is 1. The van der Waals surface area contributed by atoms with Gasteiger partial charge < -0.3 is 24.0 Å². The molecule has 1 heterocycles. The van der Waals surface area contributed by atoms with Gasteiger partial charge in [0, 0.05) is 39.4 Å². The van der Waals surface area contributed by atoms with Crippen LogP contribution in [0, 0.1) is 0 Å². The molecule has 1 aromatic carbocycles. The van der Waals surface area contributed by atoms with E-state index < -0.39 is 5.60 Å². The number of nitrogens with zero attached hydrogens (tertiary/aromatic N) is 2. The van der Waals surface area contributed by atoms with Crippen molar-refractivity contribution in [1.29, 1.82) is 0 Å². The first-order valence-electron chi connectivity index (χ1n) is 8.44. The van der Waals surface area contributed by atoms with Crippen molar-refractivity contribution >= 4 is 23.4 Å². The van der Waals surface area contributed by atoms with E-state index in [1.54, 1.807) is 12.0 Å². The molecule has 0 N–H and O–H groups in total. The van der Waals surface area contributed by atoms with Crippen molar-refractivity contribution in [3.63, 3.8) is 0 Å². The van der Waals surface area contributed by atoms with Crippen molar-refractivity contribution in [3.8, 4) is 5.75 Å². The van der Waals surface area contributed by atoms with Gasteiger partial charge in [-0.25, -0.2) is 4.79 Å². The zero-order valence-corrected chi connectivity index (χ0v) is 16.1. The molecule has 25 heavy (non-hydrogen) atoms. The number of piperazine rings is 1. The van der Waals surface area contributed by atoms with Gasteiger partial charge in [-0.15, -0.1) is 0 Å². The molecule has 6 nitrogen and oxygen atoms in total. The minimum Gasteiger partial charge on any atom is -0.491 e. The molecule has 0 bridgehead atoms. The third-order valence-corrected chi connectivity index (χ3v) is 4.05. The zero-order chi connectivity index (χ0) is 18.4. The number of carbonyl (C=O) groups excluding carboxylic acids is 1. The van der Waals surface area contributed by atoms with Gasteiger partial charge in [-0.1, -0.05) is 11.6 Å². The number of benzene rings is 1. The Bertz CT molecular complexity index is 581. The monoisotopic (exact) mass is 370 g/mol. The second kappa shape index (κ2) is 8.63. The summed E-state index contributed by atoms with van der Waals surface area (Å²) in [6.45, 7) is 9.28. The fourth-order valence-electron chi connectivity index (χ4n) is 2.53. The number of methoxy groups -OCH3 is 1. The maximum atomic E-state index is 12.1. The quantitative estimate of drug-likeness (QED) is 0.743. The third kappa shape index (κ3) is 5.97. The normalized spacial score (nSPS) is 15.2. The van der Waals surface area contributed by atoms with Gasteiger partial charge in [-0.05, 0) is 32.9 Å². The molecule has 1 amide bonds. The topological polar surface area (TPSA) is 51.2 Å². The Morgan fingerprint density at radius 1 is 1.16 bits per heavy atom. The summed E-state index contributed by atoms with van der Waals surface area (Å²) >= 11 is 6.40. The van der Waals surface area contributed by atoms with Gasteiger partial charge in [-0.3, -0.25) is 0 Å². The highest BCUT2D eigenvalue weighted by atomic mass is 35.5. The summed E-state index contributed by atoms with van der Waals surface area (Å²) in [5.74, 6) is 0.721. The number of ether oxygens (including phenoxy) is 3. The smallest absolute Gasteiger partial charge is 0.410 e. The molecule has 140 valence electrons. The van der Waals surface area contributed by atoms with Crippen LogP contribution in [0.5, 0.6) is 5.75 Å². The Labute approximate surface area is 154 Å². The van der Waals surface area contributed by atoms with Crippen LogP contribution in [0.3, 0.4) is 0 Å². The van der Waals surface area contributed by atoms with Gasteiger partial charge >= 0.3 is 6.09 Å². The van der Waals surface area contributed by atoms with E-state index in [1.165, 1.54) is 0 Å². The number of hydrogen-bond donors (Lipinski definition) is 0. The molecule has 1 saturated heterocycles. The number of anilines is 1. The lowest BCUT2D eigenvalue weighted by atomic mass is 10.2. The van der Waals surface area contributed by atoms with Gasteiger partial charge in [0.1, 0.15) is 18.0 Å². The first-order chi connectivity index (χ1) is 11.8. The molecule has 2 rings (SSSR count). The molecule has 1 aliphatic heterocycles. The largest absolute Gasteiger partial charge is 0.491 e. The summed E-state index contributed by atoms with van der Waals surface area (Å²) in [7, 11) is 1.64. The van der Waals surface area contributed by atoms with Crippen LogP contribution in [0.25, 0.3) is 0 Å². The van der Waals surface area contributed by atoms with Crippen molar-refractivity contribution in [2.75, 3.05) is 51.4 Å². The fourth-order valence-corrected chi connectivity index (χ4v) is 2.82. The first-order valence-corrected chi connectivity index (χ1v) is 8.82. The maximum absolute atomic E-state index is 12.1. The summed E-state index contributed by atoms with van der Waals surface area (Å²) < 4.78 is 16.0. The number of halogens is 1. The summed E-state index contributed by atoms with van der Waals surface area (Å²) in [5.41, 5.74) is 0.473. The summed E-state index contributed by atoms with van der Waals surface area (Å²) in [6.07, 6.45) is -0.264. The molecule has 0 atom stereocenters. The first kappa shape index (κ1) is 19.7. The van der Waals surface area contributed by atoms with E-state index in [4.69, 9.17) is 25.8 Å². The Kier molecular flexibility index (Phi) is 6.79. The van der Waals surface area contributed by atoms with Crippen LogP contribution < -0.4 is 9.64 Å². The fraction of sp³-hybridized carbons (Fsp3) is 0.611. The summed E-state index contributed by atoms with van der Waals surface area (Å²) in [4.78, 5) is 16.0. The van der Waals surface area contributed by atoms with E-state index in [9.17, 15) is 4.79 Å². The van der Waals surface area contributed by atoms with Crippen LogP contribution in [0.4, 0.5) is 10.5 Å². The van der Waals surface area contributed by atoms with Crippen LogP contribution in [0.15, 0.2) is 18.2 Å². The second-order valence-corrected chi connectivity index (χ2v) is 7.32. The van der Waals surface area contributed by atoms with Crippen LogP contribution in [-0.2, 0) is 9.47 Å². The van der Waals surface area contributed by atoms with Crippen LogP contribution in [0.2, 0.25) is 5.02 Å². The van der Waals surface area contributed by atoms with Crippen molar-refractivity contribution in [2.24, 2.45) is 0 Å². The standard InChI is InChI=1S/C18H27ClN2O4/c1-18(2,3)25-17(22)21-9-7-20(8-10-21)16-6-5-14(13-15(16)19)24-12-11-23-4/h5-6,13H,7-12H2,1-4H3. The van der Waals surface area contributed by atoms with E-state index in [2.05, 4.69) is 4.90 Å². The number of rotatable bonds is 5. The average Bonchev–Trinajstić information content (AvgIpc) is 2.54. The maximum Gasteiger partial charge on any atom is 0.410 e. The molecule has 0 spiro atoms. The number of hydrogen-bond acceptors (Lipinski definition) is 5. The Balaban J connectivity index is 1.91. The molecule has 0 radical (unpaired) electrons. The molecule has 0 unspecified atom stereocenters. The molecule has 0 aromatic heterocycles. The Morgan fingerprint density at radius 2 is 1.84 bits per heavy atom. The highest BCUT2D eigenvalue weighted by Crippen LogP contribution is 2.30. The van der Waals surface area contributed by atoms with Crippen LogP contribution >= 0.6 is 11.6 Å². The highest BCUT2D eigenvalue weighted by Gasteiger charge is 2.26. The molecule has 0 saturated carbocycles.